The molecule has 1 heterocycles. The van der Waals surface area contributed by atoms with Crippen LogP contribution < -0.4 is 4.74 Å². The molecular formula is C35H35Cl2N3O5S. The van der Waals surface area contributed by atoms with Gasteiger partial charge in [0.05, 0.1) is 21.5 Å². The Hall–Kier alpha value is -3.89. The van der Waals surface area contributed by atoms with Crippen molar-refractivity contribution >= 4 is 51.0 Å². The summed E-state index contributed by atoms with van der Waals surface area (Å²) >= 11 is 6.11. The highest BCUT2D eigenvalue weighted by Gasteiger charge is 2.23. The number of ether oxygens (including phenoxy) is 1. The van der Waals surface area contributed by atoms with Crippen LogP contribution in [0.15, 0.2) is 89.8 Å². The molecule has 240 valence electrons. The fourth-order valence-corrected chi connectivity index (χ4v) is 7.06. The van der Waals surface area contributed by atoms with E-state index in [4.69, 9.17) is 21.3 Å². The number of fused-ring (bicyclic) bond motifs is 1. The van der Waals surface area contributed by atoms with Gasteiger partial charge in [0.25, 0.3) is 0 Å². The van der Waals surface area contributed by atoms with Gasteiger partial charge in [-0.1, -0.05) is 49.1 Å². The van der Waals surface area contributed by atoms with Gasteiger partial charge in [-0.25, -0.2) is 22.5 Å². The summed E-state index contributed by atoms with van der Waals surface area (Å²) in [6, 6.07) is 25.6. The van der Waals surface area contributed by atoms with Gasteiger partial charge in [-0.3, -0.25) is 0 Å². The molecule has 1 aliphatic rings. The molecule has 0 radical (unpaired) electrons. The molecule has 46 heavy (non-hydrogen) atoms. The van der Waals surface area contributed by atoms with Crippen molar-refractivity contribution in [3.05, 3.63) is 101 Å². The molecule has 0 spiro atoms. The smallest absolute Gasteiger partial charge is 0.335 e. The van der Waals surface area contributed by atoms with Crippen LogP contribution in [-0.4, -0.2) is 47.4 Å². The van der Waals surface area contributed by atoms with Gasteiger partial charge >= 0.3 is 5.97 Å². The highest BCUT2D eigenvalue weighted by molar-refractivity contribution is 7.89. The fourth-order valence-electron chi connectivity index (χ4n) is 5.98. The summed E-state index contributed by atoms with van der Waals surface area (Å²) < 4.78 is 35.5. The Morgan fingerprint density at radius 1 is 0.935 bits per heavy atom. The molecule has 1 N–H and O–H groups in total. The maximum absolute atomic E-state index is 12.9. The average Bonchev–Trinajstić information content (AvgIpc) is 3.43. The van der Waals surface area contributed by atoms with Crippen LogP contribution in [-0.2, 0) is 16.6 Å². The number of rotatable bonds is 9. The SMILES string of the molecule is CN(C)S(=O)(=O)c1ccc(-c2ccc(Cl)cc2)c(COc2ccc(-c3nc4cc(C(=O)O)ccc4n3C3CCCCC3)cc2)c1.Cl. The summed E-state index contributed by atoms with van der Waals surface area (Å²) in [5, 5.41) is 10.1. The molecular weight excluding hydrogens is 645 g/mol. The number of carboxylic acids is 1. The quantitative estimate of drug-likeness (QED) is 0.168. The Morgan fingerprint density at radius 2 is 1.61 bits per heavy atom. The van der Waals surface area contributed by atoms with E-state index in [1.807, 2.05) is 42.5 Å². The van der Waals surface area contributed by atoms with Gasteiger partial charge in [0, 0.05) is 30.7 Å². The zero-order valence-electron chi connectivity index (χ0n) is 25.5. The Balaban J connectivity index is 0.00000417. The zero-order valence-corrected chi connectivity index (χ0v) is 27.9. The summed E-state index contributed by atoms with van der Waals surface area (Å²) in [6.07, 6.45) is 5.63. The largest absolute Gasteiger partial charge is 0.489 e. The lowest BCUT2D eigenvalue weighted by Crippen LogP contribution is -2.22. The molecule has 1 aromatic heterocycles. The second kappa shape index (κ2) is 13.8. The summed E-state index contributed by atoms with van der Waals surface area (Å²) in [5.74, 6) is 0.448. The van der Waals surface area contributed by atoms with Crippen LogP contribution in [0, 0.1) is 0 Å². The van der Waals surface area contributed by atoms with Crippen LogP contribution in [0.3, 0.4) is 0 Å². The summed E-state index contributed by atoms with van der Waals surface area (Å²) in [6.45, 7) is 0.145. The summed E-state index contributed by atoms with van der Waals surface area (Å²) in [5.41, 5.74) is 5.19. The molecule has 0 atom stereocenters. The number of imidazole rings is 1. The number of hydrogen-bond donors (Lipinski definition) is 1. The Morgan fingerprint density at radius 3 is 2.26 bits per heavy atom. The summed E-state index contributed by atoms with van der Waals surface area (Å²) in [7, 11) is -0.626. The fraction of sp³-hybridized carbons (Fsp3) is 0.257. The van der Waals surface area contributed by atoms with Gasteiger partial charge in [-0.05, 0) is 96.3 Å². The maximum atomic E-state index is 12.9. The van der Waals surface area contributed by atoms with Crippen molar-refractivity contribution in [3.8, 4) is 28.3 Å². The topological polar surface area (TPSA) is 102 Å². The number of aromatic nitrogens is 2. The van der Waals surface area contributed by atoms with Gasteiger partial charge in [-0.2, -0.15) is 0 Å². The minimum Gasteiger partial charge on any atom is -0.489 e. The van der Waals surface area contributed by atoms with Crippen molar-refractivity contribution in [1.82, 2.24) is 13.9 Å². The average molecular weight is 681 g/mol. The van der Waals surface area contributed by atoms with Crippen molar-refractivity contribution in [2.24, 2.45) is 0 Å². The van der Waals surface area contributed by atoms with Crippen molar-refractivity contribution < 1.29 is 23.1 Å². The van der Waals surface area contributed by atoms with Crippen molar-refractivity contribution in [2.45, 2.75) is 49.6 Å². The number of carboxylic acid groups (broad SMARTS) is 1. The van der Waals surface area contributed by atoms with Gasteiger partial charge in [0.15, 0.2) is 0 Å². The normalized spacial score (nSPS) is 13.9. The lowest BCUT2D eigenvalue weighted by molar-refractivity contribution is 0.0697. The lowest BCUT2D eigenvalue weighted by Gasteiger charge is -2.25. The van der Waals surface area contributed by atoms with Crippen LogP contribution in [0.5, 0.6) is 5.75 Å². The number of nitrogens with zero attached hydrogens (tertiary/aromatic N) is 3. The monoisotopic (exact) mass is 679 g/mol. The summed E-state index contributed by atoms with van der Waals surface area (Å²) in [4.78, 5) is 16.7. The van der Waals surface area contributed by atoms with Crippen LogP contribution in [0.4, 0.5) is 0 Å². The highest BCUT2D eigenvalue weighted by Crippen LogP contribution is 2.37. The first-order valence-electron chi connectivity index (χ1n) is 14.9. The first-order valence-corrected chi connectivity index (χ1v) is 16.7. The Bertz CT molecular complexity index is 1970. The van der Waals surface area contributed by atoms with Gasteiger partial charge in [0.1, 0.15) is 18.2 Å². The highest BCUT2D eigenvalue weighted by atomic mass is 35.5. The Labute approximate surface area is 280 Å². The van der Waals surface area contributed by atoms with E-state index in [1.165, 1.54) is 24.8 Å². The number of carbonyl (C=O) groups is 1. The molecule has 6 rings (SSSR count). The van der Waals surface area contributed by atoms with Crippen LogP contribution in [0.1, 0.15) is 54.1 Å². The van der Waals surface area contributed by atoms with E-state index in [-0.39, 0.29) is 29.5 Å². The van der Waals surface area contributed by atoms with Crippen LogP contribution in [0.2, 0.25) is 5.02 Å². The number of sulfonamides is 1. The molecule has 1 saturated carbocycles. The second-order valence-electron chi connectivity index (χ2n) is 11.5. The molecule has 0 unspecified atom stereocenters. The molecule has 8 nitrogen and oxygen atoms in total. The number of hydrogen-bond acceptors (Lipinski definition) is 5. The molecule has 4 aromatic carbocycles. The van der Waals surface area contributed by atoms with E-state index in [2.05, 4.69) is 4.57 Å². The van der Waals surface area contributed by atoms with Crippen molar-refractivity contribution in [2.75, 3.05) is 14.1 Å². The predicted molar refractivity (Wildman–Crippen MR) is 184 cm³/mol. The molecule has 1 fully saturated rings. The molecule has 0 saturated heterocycles. The van der Waals surface area contributed by atoms with E-state index >= 15 is 0 Å². The molecule has 1 aliphatic carbocycles. The Kier molecular flexibility index (Phi) is 10.1. The number of halogens is 2. The number of benzene rings is 4. The van der Waals surface area contributed by atoms with Gasteiger partial charge in [-0.15, -0.1) is 12.4 Å². The lowest BCUT2D eigenvalue weighted by atomic mass is 9.95. The third-order valence-electron chi connectivity index (χ3n) is 8.39. The van der Waals surface area contributed by atoms with E-state index in [0.29, 0.717) is 22.3 Å². The minimum atomic E-state index is -3.64. The van der Waals surface area contributed by atoms with E-state index in [1.54, 1.807) is 42.5 Å². The van der Waals surface area contributed by atoms with E-state index in [9.17, 15) is 18.3 Å². The first-order chi connectivity index (χ1) is 21.6. The third-order valence-corrected chi connectivity index (χ3v) is 10.5. The molecule has 0 amide bonds. The molecule has 0 aliphatic heterocycles. The predicted octanol–water partition coefficient (Wildman–Crippen LogP) is 8.48. The molecule has 11 heteroatoms. The van der Waals surface area contributed by atoms with Crippen molar-refractivity contribution in [1.29, 1.82) is 0 Å². The number of aromatic carboxylic acids is 1. The second-order valence-corrected chi connectivity index (χ2v) is 14.1. The third kappa shape index (κ3) is 6.78. The maximum Gasteiger partial charge on any atom is 0.335 e. The van der Waals surface area contributed by atoms with Gasteiger partial charge < -0.3 is 14.4 Å². The zero-order chi connectivity index (χ0) is 31.7. The minimum absolute atomic E-state index is 0. The standard InChI is InChI=1S/C35H34ClN3O5S.ClH/c1-38(2)45(42,43)30-17-18-31(23-8-13-27(36)14-9-23)26(20-30)22-44-29-15-10-24(11-16-29)34-37-32-21-25(35(40)41)12-19-33(32)39(34)28-6-4-3-5-7-28;/h8-21,28H,3-7,22H2,1-2H3,(H,40,41);1H. The molecule has 0 bridgehead atoms. The van der Waals surface area contributed by atoms with E-state index in [0.717, 1.165) is 59.3 Å². The van der Waals surface area contributed by atoms with E-state index < -0.39 is 16.0 Å². The molecule has 5 aromatic rings. The van der Waals surface area contributed by atoms with Crippen LogP contribution >= 0.6 is 24.0 Å². The van der Waals surface area contributed by atoms with Crippen LogP contribution in [0.25, 0.3) is 33.5 Å². The first kappa shape index (κ1) is 33.5. The van der Waals surface area contributed by atoms with Crippen molar-refractivity contribution in [3.63, 3.8) is 0 Å². The van der Waals surface area contributed by atoms with Gasteiger partial charge in [0.2, 0.25) is 10.0 Å².